The van der Waals surface area contributed by atoms with Crippen molar-refractivity contribution in [1.29, 1.82) is 0 Å². The topological polar surface area (TPSA) is 120 Å². The highest BCUT2D eigenvalue weighted by molar-refractivity contribution is 7.24. The number of likely N-dealkylation sites (N-methyl/N-ethyl adjacent to an activating group) is 1. The van der Waals surface area contributed by atoms with Gasteiger partial charge in [-0.1, -0.05) is 190 Å². The first-order chi connectivity index (χ1) is 39.3. The van der Waals surface area contributed by atoms with Crippen molar-refractivity contribution in [2.45, 2.75) is 51.4 Å². The number of ketones is 4. The smallest absolute Gasteiger partial charge is 0.260 e. The van der Waals surface area contributed by atoms with Crippen molar-refractivity contribution >= 4 is 71.9 Å². The van der Waals surface area contributed by atoms with Crippen molar-refractivity contribution in [3.63, 3.8) is 0 Å². The Balaban J connectivity index is 0.000000157. The molecule has 2 heterocycles. The summed E-state index contributed by atoms with van der Waals surface area (Å²) in [5.74, 6) is -1.56. The van der Waals surface area contributed by atoms with Crippen molar-refractivity contribution in [1.82, 2.24) is 4.90 Å². The molecule has 1 atom stereocenters. The maximum absolute atomic E-state index is 13.6. The highest BCUT2D eigenvalue weighted by Crippen LogP contribution is 2.32. The van der Waals surface area contributed by atoms with Gasteiger partial charge in [-0.3, -0.25) is 28.9 Å². The number of ether oxygens (including phenoxy) is 3. The lowest BCUT2D eigenvalue weighted by Crippen LogP contribution is -2.52. The van der Waals surface area contributed by atoms with Gasteiger partial charge in [-0.25, -0.2) is 0 Å². The molecule has 2 aliphatic rings. The zero-order valence-electron chi connectivity index (χ0n) is 47.0. The number of hydrogen-bond acceptors (Lipinski definition) is 11. The summed E-state index contributed by atoms with van der Waals surface area (Å²) in [6.07, 6.45) is 2.72. The molecular weight excluding hydrogens is 1050 g/mol. The van der Waals surface area contributed by atoms with Crippen LogP contribution in [0.2, 0.25) is 5.02 Å². The van der Waals surface area contributed by atoms with Crippen molar-refractivity contribution in [3.8, 4) is 0 Å². The van der Waals surface area contributed by atoms with E-state index in [2.05, 4.69) is 54.8 Å². The first kappa shape index (κ1) is 60.9. The van der Waals surface area contributed by atoms with Gasteiger partial charge in [-0.05, 0) is 87.1 Å². The fourth-order valence-corrected chi connectivity index (χ4v) is 11.0. The van der Waals surface area contributed by atoms with Gasteiger partial charge in [-0.2, -0.15) is 0 Å². The summed E-state index contributed by atoms with van der Waals surface area (Å²) in [6, 6.07) is 63.6. The lowest BCUT2D eigenvalue weighted by atomic mass is 9.80. The second-order valence-electron chi connectivity index (χ2n) is 19.5. The van der Waals surface area contributed by atoms with Crippen LogP contribution in [-0.4, -0.2) is 88.2 Å². The lowest BCUT2D eigenvalue weighted by Gasteiger charge is -2.38. The van der Waals surface area contributed by atoms with E-state index in [0.29, 0.717) is 50.2 Å². The molecule has 1 unspecified atom stereocenters. The van der Waals surface area contributed by atoms with Gasteiger partial charge in [-0.15, -0.1) is 11.3 Å². The van der Waals surface area contributed by atoms with E-state index in [0.717, 1.165) is 58.8 Å². The van der Waals surface area contributed by atoms with Crippen molar-refractivity contribution in [3.05, 3.63) is 266 Å². The Hall–Kier alpha value is -7.74. The molecule has 10 nitrogen and oxygen atoms in total. The molecule has 0 bridgehead atoms. The molecule has 0 amide bonds. The number of rotatable bonds is 12. The van der Waals surface area contributed by atoms with Gasteiger partial charge in [0.1, 0.15) is 0 Å². The quantitative estimate of drug-likeness (QED) is 0.0664. The van der Waals surface area contributed by atoms with E-state index in [-0.39, 0.29) is 28.6 Å². The maximum atomic E-state index is 13.6. The number of methoxy groups -OCH3 is 2. The third kappa shape index (κ3) is 14.2. The number of anilines is 1. The minimum atomic E-state index is -1.40. The van der Waals surface area contributed by atoms with Crippen LogP contribution in [-0.2, 0) is 26.4 Å². The van der Waals surface area contributed by atoms with E-state index in [1.54, 1.807) is 78.1 Å². The molecule has 416 valence electrons. The van der Waals surface area contributed by atoms with Crippen molar-refractivity contribution < 1.29 is 33.4 Å². The van der Waals surface area contributed by atoms with E-state index >= 15 is 0 Å². The number of benzene rings is 8. The van der Waals surface area contributed by atoms with Gasteiger partial charge in [0.25, 0.3) is 5.79 Å². The van der Waals surface area contributed by atoms with Crippen LogP contribution in [0.3, 0.4) is 0 Å². The van der Waals surface area contributed by atoms with E-state index in [1.165, 1.54) is 26.2 Å². The van der Waals surface area contributed by atoms with Crippen LogP contribution in [0.4, 0.5) is 5.69 Å². The Morgan fingerprint density at radius 1 is 0.568 bits per heavy atom. The van der Waals surface area contributed by atoms with Crippen LogP contribution in [0.25, 0.3) is 20.2 Å². The summed E-state index contributed by atoms with van der Waals surface area (Å²) in [4.78, 5) is 67.0. The van der Waals surface area contributed by atoms with Crippen molar-refractivity contribution in [2.75, 3.05) is 59.5 Å². The molecule has 1 aliphatic heterocycles. The molecular formula is C69H69ClN2O8S. The van der Waals surface area contributed by atoms with Crippen LogP contribution in [0, 0.1) is 0 Å². The summed E-state index contributed by atoms with van der Waals surface area (Å²) in [5.41, 5.74) is 5.89. The van der Waals surface area contributed by atoms with Gasteiger partial charge in [0.15, 0.2) is 22.8 Å². The number of nitrogens with zero attached hydrogens (tertiary/aromatic N) is 2. The number of carbonyl (C=O) groups excluding carboxylic acids is 4. The van der Waals surface area contributed by atoms with Gasteiger partial charge < -0.3 is 19.1 Å². The molecule has 1 aromatic heterocycles. The van der Waals surface area contributed by atoms with E-state index < -0.39 is 11.3 Å². The Morgan fingerprint density at radius 2 is 1.02 bits per heavy atom. The summed E-state index contributed by atoms with van der Waals surface area (Å²) in [7, 11) is 6.95. The molecule has 0 radical (unpaired) electrons. The number of halogens is 1. The second kappa shape index (κ2) is 29.1. The molecule has 1 aliphatic carbocycles. The molecule has 0 N–H and O–H groups in total. The standard InChI is InChI=1S/C23H30N2O2.C16H16O3.C14H8O2.C13H7ClOS.C3H8/c1-4-23(24(2)3,18-19-8-6-5-7-9-19)22(26)20-10-12-21(13-11-20)25-14-16-27-17-15-25;1-18-16(19-2,14-11-7-4-8-12-14)15(17)13-9-5-3-6-10-13;15-13-9-5-1-2-6-10(9)14(16)12-8-4-3-7-11(12)13;14-8-5-6-12-10(7-8)13(15)9-3-1-2-4-11(9)16-12;1-3-2/h5-13H,4,14-18H2,1-3H3;3-12H,1-2H3;1-8H;1-7H;3H2,1-2H3. The zero-order chi connectivity index (χ0) is 57.9. The van der Waals surface area contributed by atoms with Crippen LogP contribution < -0.4 is 10.3 Å². The molecule has 0 saturated carbocycles. The highest BCUT2D eigenvalue weighted by Gasteiger charge is 2.42. The summed E-state index contributed by atoms with van der Waals surface area (Å²) < 4.78 is 18.3. The van der Waals surface area contributed by atoms with Crippen LogP contribution in [0.5, 0.6) is 0 Å². The van der Waals surface area contributed by atoms with Gasteiger partial charge in [0.2, 0.25) is 5.78 Å². The fraction of sp³-hybridized carbons (Fsp3) is 0.232. The molecule has 11 rings (SSSR count). The van der Waals surface area contributed by atoms with E-state index in [4.69, 9.17) is 25.8 Å². The Morgan fingerprint density at radius 3 is 1.53 bits per heavy atom. The Kier molecular flexibility index (Phi) is 21.9. The van der Waals surface area contributed by atoms with Crippen LogP contribution >= 0.6 is 22.9 Å². The SMILES string of the molecule is CCC.CCC(Cc1ccccc1)(C(=O)c1ccc(N2CCOCC2)cc1)N(C)C.COC(OC)(C(=O)c1ccccc1)c1ccccc1.O=C1c2ccccc2C(=O)c2ccccc21.O=c1c2ccccc2sc2ccc(Cl)cc12. The number of fused-ring (bicyclic) bond motifs is 4. The second-order valence-corrected chi connectivity index (χ2v) is 21.0. The van der Waals surface area contributed by atoms with Crippen LogP contribution in [0.15, 0.2) is 211 Å². The third-order valence-corrected chi connectivity index (χ3v) is 15.5. The van der Waals surface area contributed by atoms with E-state index in [1.807, 2.05) is 129 Å². The molecule has 1 saturated heterocycles. The number of morpholine rings is 1. The van der Waals surface area contributed by atoms with Crippen LogP contribution in [0.1, 0.15) is 97.3 Å². The minimum Gasteiger partial charge on any atom is -0.378 e. The predicted molar refractivity (Wildman–Crippen MR) is 330 cm³/mol. The normalized spacial score (nSPS) is 13.3. The first-order valence-corrected chi connectivity index (χ1v) is 28.3. The van der Waals surface area contributed by atoms with Gasteiger partial charge in [0.05, 0.1) is 18.8 Å². The minimum absolute atomic E-state index is 0.0619. The molecule has 9 aromatic rings. The Labute approximate surface area is 484 Å². The number of hydrogen-bond donors (Lipinski definition) is 0. The summed E-state index contributed by atoms with van der Waals surface area (Å²) in [5, 5.41) is 2.07. The number of Topliss-reactive ketones (excluding diaryl/α,β-unsaturated/α-hetero) is 2. The summed E-state index contributed by atoms with van der Waals surface area (Å²) in [6.45, 7) is 9.67. The van der Waals surface area contributed by atoms with Gasteiger partial charge in [0, 0.05) is 97.1 Å². The molecule has 12 heteroatoms. The summed E-state index contributed by atoms with van der Waals surface area (Å²) >= 11 is 7.52. The predicted octanol–water partition coefficient (Wildman–Crippen LogP) is 14.6. The lowest BCUT2D eigenvalue weighted by molar-refractivity contribution is -0.176. The molecule has 1 fully saturated rings. The first-order valence-electron chi connectivity index (χ1n) is 27.1. The number of carbonyl (C=O) groups is 4. The molecule has 8 aromatic carbocycles. The maximum Gasteiger partial charge on any atom is 0.260 e. The monoisotopic (exact) mass is 1120 g/mol. The third-order valence-electron chi connectivity index (χ3n) is 14.1. The molecule has 81 heavy (non-hydrogen) atoms. The Bertz CT molecular complexity index is 3500. The largest absolute Gasteiger partial charge is 0.378 e. The molecule has 0 spiro atoms. The average Bonchev–Trinajstić information content (AvgIpc) is 3.60. The average molecular weight is 1120 g/mol. The fourth-order valence-electron chi connectivity index (χ4n) is 9.79. The zero-order valence-corrected chi connectivity index (χ0v) is 48.6. The van der Waals surface area contributed by atoms with Gasteiger partial charge >= 0.3 is 0 Å². The highest BCUT2D eigenvalue weighted by atomic mass is 35.5. The van der Waals surface area contributed by atoms with E-state index in [9.17, 15) is 24.0 Å². The van der Waals surface area contributed by atoms with Crippen molar-refractivity contribution in [2.24, 2.45) is 0 Å².